The number of aliphatic carboxylic acids is 1. The van der Waals surface area contributed by atoms with Crippen molar-refractivity contribution < 1.29 is 28.9 Å². The number of rotatable bonds is 4. The molecule has 4 N–H and O–H groups in total. The Morgan fingerprint density at radius 1 is 1.57 bits per heavy atom. The number of carbonyl (C=O) groups is 1. The molecule has 1 fully saturated rings. The number of aliphatic hydroxyl groups excluding tert-OH is 1. The first-order valence-electron chi connectivity index (χ1n) is 6.53. The fourth-order valence-electron chi connectivity index (χ4n) is 1.79. The van der Waals surface area contributed by atoms with Crippen LogP contribution in [0.2, 0.25) is 0 Å². The average molecular weight is 301 g/mol. The molecule has 1 aromatic rings. The predicted molar refractivity (Wildman–Crippen MR) is 73.6 cm³/mol. The van der Waals surface area contributed by atoms with Crippen LogP contribution in [0.15, 0.2) is 18.2 Å². The van der Waals surface area contributed by atoms with E-state index in [0.717, 1.165) is 6.42 Å². The SMILES string of the molecule is COc1cc(F)cc([C@H](N)CO)c1.O=C(O)[C@H]1CCCO1. The minimum Gasteiger partial charge on any atom is -0.497 e. The molecule has 0 spiro atoms. The topological polar surface area (TPSA) is 102 Å². The van der Waals surface area contributed by atoms with Gasteiger partial charge < -0.3 is 25.4 Å². The van der Waals surface area contributed by atoms with Crippen molar-refractivity contribution in [2.45, 2.75) is 25.0 Å². The van der Waals surface area contributed by atoms with E-state index in [0.29, 0.717) is 24.3 Å². The van der Waals surface area contributed by atoms with Crippen LogP contribution in [-0.4, -0.2) is 42.6 Å². The van der Waals surface area contributed by atoms with Gasteiger partial charge in [0.15, 0.2) is 6.10 Å². The molecule has 1 heterocycles. The van der Waals surface area contributed by atoms with Crippen LogP contribution >= 0.6 is 0 Å². The van der Waals surface area contributed by atoms with Gasteiger partial charge in [-0.3, -0.25) is 0 Å². The van der Waals surface area contributed by atoms with Gasteiger partial charge in [-0.1, -0.05) is 0 Å². The van der Waals surface area contributed by atoms with E-state index in [-0.39, 0.29) is 6.61 Å². The Hall–Kier alpha value is -1.70. The van der Waals surface area contributed by atoms with Crippen molar-refractivity contribution in [2.75, 3.05) is 20.3 Å². The maximum atomic E-state index is 12.9. The molecule has 0 saturated carbocycles. The molecule has 2 rings (SSSR count). The third kappa shape index (κ3) is 5.66. The second kappa shape index (κ2) is 8.56. The van der Waals surface area contributed by atoms with Crippen LogP contribution in [0.4, 0.5) is 4.39 Å². The van der Waals surface area contributed by atoms with Crippen molar-refractivity contribution in [3.63, 3.8) is 0 Å². The number of benzene rings is 1. The molecule has 0 bridgehead atoms. The van der Waals surface area contributed by atoms with Gasteiger partial charge in [0.1, 0.15) is 11.6 Å². The number of methoxy groups -OCH3 is 1. The fraction of sp³-hybridized carbons (Fsp3) is 0.500. The van der Waals surface area contributed by atoms with Gasteiger partial charge in [-0.25, -0.2) is 9.18 Å². The number of halogens is 1. The summed E-state index contributed by atoms with van der Waals surface area (Å²) in [4.78, 5) is 10.1. The third-order valence-corrected chi connectivity index (χ3v) is 2.96. The van der Waals surface area contributed by atoms with Crippen LogP contribution in [0.5, 0.6) is 5.75 Å². The highest BCUT2D eigenvalue weighted by atomic mass is 19.1. The van der Waals surface area contributed by atoms with Crippen LogP contribution in [0, 0.1) is 5.82 Å². The molecule has 0 aliphatic carbocycles. The van der Waals surface area contributed by atoms with Gasteiger partial charge in [0.2, 0.25) is 0 Å². The van der Waals surface area contributed by atoms with E-state index in [2.05, 4.69) is 0 Å². The van der Waals surface area contributed by atoms with E-state index in [1.165, 1.54) is 19.2 Å². The molecule has 0 aromatic heterocycles. The highest BCUT2D eigenvalue weighted by Crippen LogP contribution is 2.19. The molecular weight excluding hydrogens is 281 g/mol. The van der Waals surface area contributed by atoms with Gasteiger partial charge in [0.25, 0.3) is 0 Å². The van der Waals surface area contributed by atoms with Crippen LogP contribution in [0.3, 0.4) is 0 Å². The van der Waals surface area contributed by atoms with E-state index in [4.69, 9.17) is 25.4 Å². The Balaban J connectivity index is 0.000000235. The zero-order valence-corrected chi connectivity index (χ0v) is 11.8. The first-order valence-corrected chi connectivity index (χ1v) is 6.53. The van der Waals surface area contributed by atoms with Gasteiger partial charge in [-0.05, 0) is 30.5 Å². The number of carboxylic acid groups (broad SMARTS) is 1. The fourth-order valence-corrected chi connectivity index (χ4v) is 1.79. The molecule has 1 aromatic carbocycles. The largest absolute Gasteiger partial charge is 0.497 e. The molecule has 1 aliphatic rings. The highest BCUT2D eigenvalue weighted by Gasteiger charge is 2.21. The van der Waals surface area contributed by atoms with Crippen molar-refractivity contribution in [1.82, 2.24) is 0 Å². The third-order valence-electron chi connectivity index (χ3n) is 2.96. The van der Waals surface area contributed by atoms with Crippen molar-refractivity contribution >= 4 is 5.97 Å². The summed E-state index contributed by atoms with van der Waals surface area (Å²) < 4.78 is 22.6. The van der Waals surface area contributed by atoms with Gasteiger partial charge >= 0.3 is 5.97 Å². The van der Waals surface area contributed by atoms with Gasteiger partial charge in [0.05, 0.1) is 19.8 Å². The normalized spacial score (nSPS) is 18.6. The Kier molecular flexibility index (Phi) is 7.07. The lowest BCUT2D eigenvalue weighted by Crippen LogP contribution is -2.17. The van der Waals surface area contributed by atoms with Crippen molar-refractivity contribution in [2.24, 2.45) is 5.73 Å². The zero-order chi connectivity index (χ0) is 15.8. The summed E-state index contributed by atoms with van der Waals surface area (Å²) in [5.74, 6) is -0.848. The Morgan fingerprint density at radius 2 is 2.29 bits per heavy atom. The van der Waals surface area contributed by atoms with Crippen molar-refractivity contribution in [1.29, 1.82) is 0 Å². The van der Waals surface area contributed by atoms with E-state index < -0.39 is 23.9 Å². The van der Waals surface area contributed by atoms with Gasteiger partial charge in [-0.2, -0.15) is 0 Å². The van der Waals surface area contributed by atoms with Gasteiger partial charge in [-0.15, -0.1) is 0 Å². The van der Waals surface area contributed by atoms with E-state index in [9.17, 15) is 9.18 Å². The number of carboxylic acids is 1. The molecule has 7 heteroatoms. The minimum atomic E-state index is -0.831. The van der Waals surface area contributed by atoms with Crippen LogP contribution < -0.4 is 10.5 Å². The summed E-state index contributed by atoms with van der Waals surface area (Å²) in [6, 6.07) is 3.57. The highest BCUT2D eigenvalue weighted by molar-refractivity contribution is 5.72. The summed E-state index contributed by atoms with van der Waals surface area (Å²) in [5.41, 5.74) is 6.04. The Bertz CT molecular complexity index is 463. The Labute approximate surface area is 122 Å². The smallest absolute Gasteiger partial charge is 0.332 e. The molecule has 6 nitrogen and oxygen atoms in total. The van der Waals surface area contributed by atoms with E-state index in [1.54, 1.807) is 6.07 Å². The number of aliphatic hydroxyl groups is 1. The predicted octanol–water partition coefficient (Wildman–Crippen LogP) is 1.08. The van der Waals surface area contributed by atoms with Crippen LogP contribution in [0.25, 0.3) is 0 Å². The second-order valence-corrected chi connectivity index (χ2v) is 4.55. The number of hydrogen-bond donors (Lipinski definition) is 3. The maximum Gasteiger partial charge on any atom is 0.332 e. The number of nitrogens with two attached hydrogens (primary N) is 1. The lowest BCUT2D eigenvalue weighted by molar-refractivity contribution is -0.147. The molecule has 0 radical (unpaired) electrons. The summed E-state index contributed by atoms with van der Waals surface area (Å²) in [5, 5.41) is 17.0. The first kappa shape index (κ1) is 17.4. The lowest BCUT2D eigenvalue weighted by atomic mass is 10.1. The Morgan fingerprint density at radius 3 is 2.71 bits per heavy atom. The molecule has 0 amide bonds. The zero-order valence-electron chi connectivity index (χ0n) is 11.8. The molecule has 118 valence electrons. The lowest BCUT2D eigenvalue weighted by Gasteiger charge is -2.10. The van der Waals surface area contributed by atoms with E-state index >= 15 is 0 Å². The molecule has 0 unspecified atom stereocenters. The molecule has 21 heavy (non-hydrogen) atoms. The maximum absolute atomic E-state index is 12.9. The van der Waals surface area contributed by atoms with Crippen LogP contribution in [-0.2, 0) is 9.53 Å². The van der Waals surface area contributed by atoms with Gasteiger partial charge in [0, 0.05) is 12.7 Å². The van der Waals surface area contributed by atoms with Crippen molar-refractivity contribution in [3.8, 4) is 5.75 Å². The summed E-state index contributed by atoms with van der Waals surface area (Å²) in [7, 11) is 1.45. The van der Waals surface area contributed by atoms with Crippen molar-refractivity contribution in [3.05, 3.63) is 29.6 Å². The summed E-state index contributed by atoms with van der Waals surface area (Å²) in [6.45, 7) is 0.392. The molecule has 1 saturated heterocycles. The quantitative estimate of drug-likeness (QED) is 0.769. The summed E-state index contributed by atoms with van der Waals surface area (Å²) in [6.07, 6.45) is 1.04. The second-order valence-electron chi connectivity index (χ2n) is 4.55. The minimum absolute atomic E-state index is 0.216. The number of ether oxygens (including phenoxy) is 2. The number of hydrogen-bond acceptors (Lipinski definition) is 5. The molecular formula is C14H20FNO5. The molecule has 1 aliphatic heterocycles. The summed E-state index contributed by atoms with van der Waals surface area (Å²) >= 11 is 0. The first-order chi connectivity index (χ1) is 9.97. The average Bonchev–Trinajstić information content (AvgIpc) is 3.00. The van der Waals surface area contributed by atoms with E-state index in [1.807, 2.05) is 0 Å². The molecule has 2 atom stereocenters. The monoisotopic (exact) mass is 301 g/mol. The van der Waals surface area contributed by atoms with Crippen LogP contribution in [0.1, 0.15) is 24.4 Å². The standard InChI is InChI=1S/C9H12FNO2.C5H8O3/c1-13-8-3-6(9(11)5-12)2-7(10)4-8;6-5(7)4-2-1-3-8-4/h2-4,9,12H,5,11H2,1H3;4H,1-3H2,(H,6,7)/t9-;4-/m11/s1.